The number of amides is 3. The molecule has 420 valence electrons. The van der Waals surface area contributed by atoms with Gasteiger partial charge in [0.1, 0.15) is 17.9 Å². The fraction of sp³-hybridized carbons (Fsp3) is 0.714. The maximum atomic E-state index is 12.5. The number of ketones is 1. The molecule has 0 aliphatic carbocycles. The van der Waals surface area contributed by atoms with Crippen molar-refractivity contribution in [1.82, 2.24) is 40.9 Å². The van der Waals surface area contributed by atoms with E-state index in [1.54, 1.807) is 0 Å². The molecule has 1 aliphatic heterocycles. The molecule has 1 fully saturated rings. The molecule has 0 radical (unpaired) electrons. The summed E-state index contributed by atoms with van der Waals surface area (Å²) in [6.45, 7) is 9.72. The first-order chi connectivity index (χ1) is 35.5. The van der Waals surface area contributed by atoms with E-state index < -0.39 is 48.4 Å². The normalized spacial score (nSPS) is 16.2. The molecule has 25 heteroatoms. The van der Waals surface area contributed by atoms with Crippen LogP contribution in [0.5, 0.6) is 0 Å². The smallest absolute Gasteiger partial charge is 0.326 e. The topological polar surface area (TPSA) is 332 Å². The molecule has 0 aromatic heterocycles. The zero-order valence-corrected chi connectivity index (χ0v) is 43.8. The summed E-state index contributed by atoms with van der Waals surface area (Å²) in [5.41, 5.74) is 1.87. The lowest BCUT2D eigenvalue weighted by atomic mass is 10.0. The number of carbonyl (C=O) groups excluding carboxylic acids is 3. The fourth-order valence-electron chi connectivity index (χ4n) is 8.41. The number of hydrogen-bond acceptors (Lipinski definition) is 16. The van der Waals surface area contributed by atoms with Gasteiger partial charge < -0.3 is 51.9 Å². The lowest BCUT2D eigenvalue weighted by Gasteiger charge is -2.38. The summed E-state index contributed by atoms with van der Waals surface area (Å²) < 4.78 is 0. The summed E-state index contributed by atoms with van der Waals surface area (Å²) in [6.07, 6.45) is 7.50. The zero-order chi connectivity index (χ0) is 54.5. The monoisotopic (exact) mass is 1070 g/mol. The highest BCUT2D eigenvalue weighted by Crippen LogP contribution is 2.17. The van der Waals surface area contributed by atoms with E-state index in [4.69, 9.17) is 27.8 Å². The highest BCUT2D eigenvalue weighted by atomic mass is 32.1. The number of thiocarbonyl (C=S) groups is 1. The van der Waals surface area contributed by atoms with Gasteiger partial charge in [-0.3, -0.25) is 44.4 Å². The Labute approximate surface area is 439 Å². The number of nitrogens with one attached hydrogen (secondary N) is 5. The Morgan fingerprint density at radius 1 is 0.635 bits per heavy atom. The zero-order valence-electron chi connectivity index (χ0n) is 43.0. The fourth-order valence-corrected chi connectivity index (χ4v) is 8.63. The summed E-state index contributed by atoms with van der Waals surface area (Å²) in [5, 5.41) is 69.4. The van der Waals surface area contributed by atoms with E-state index in [1.807, 2.05) is 29.2 Å². The third kappa shape index (κ3) is 30.9. The van der Waals surface area contributed by atoms with Crippen LogP contribution >= 0.6 is 12.2 Å². The molecule has 0 spiro atoms. The van der Waals surface area contributed by atoms with Crippen LogP contribution in [0.4, 0.5) is 10.5 Å². The Kier molecular flexibility index (Phi) is 34.5. The van der Waals surface area contributed by atoms with Crippen molar-refractivity contribution in [1.29, 1.82) is 0 Å². The van der Waals surface area contributed by atoms with Crippen molar-refractivity contribution >= 4 is 64.6 Å². The predicted octanol–water partition coefficient (Wildman–Crippen LogP) is 3.02. The van der Waals surface area contributed by atoms with Crippen molar-refractivity contribution in [3.8, 4) is 0 Å². The number of Topliss-reactive ketones (excluding diaryl/α,β-unsaturated/α-hetero) is 1. The number of unbranched alkanes of at least 4 members (excludes halogenated alkanes) is 6. The van der Waals surface area contributed by atoms with Gasteiger partial charge in [-0.05, 0) is 94.2 Å². The molecule has 1 aromatic carbocycles. The number of hydrogen-bond donors (Lipinski definition) is 11. The van der Waals surface area contributed by atoms with Crippen LogP contribution in [0.25, 0.3) is 0 Å². The minimum atomic E-state index is -1.49. The van der Waals surface area contributed by atoms with Gasteiger partial charge >= 0.3 is 29.9 Å². The van der Waals surface area contributed by atoms with Crippen molar-refractivity contribution in [2.75, 3.05) is 104 Å². The van der Waals surface area contributed by atoms with Crippen molar-refractivity contribution in [2.45, 2.75) is 128 Å². The van der Waals surface area contributed by atoms with E-state index in [9.17, 15) is 48.9 Å². The minimum absolute atomic E-state index is 0.0354. The first-order valence-electron chi connectivity index (χ1n) is 25.9. The molecule has 3 amide bonds. The van der Waals surface area contributed by atoms with Gasteiger partial charge in [-0.25, -0.2) is 24.2 Å². The second-order valence-electron chi connectivity index (χ2n) is 18.5. The summed E-state index contributed by atoms with van der Waals surface area (Å²) >= 11 is 5.55. The van der Waals surface area contributed by atoms with E-state index in [1.165, 1.54) is 0 Å². The molecule has 1 aliphatic rings. The number of anilines is 1. The predicted molar refractivity (Wildman–Crippen MR) is 279 cm³/mol. The lowest BCUT2D eigenvalue weighted by Crippen LogP contribution is -2.52. The maximum absolute atomic E-state index is 12.5. The van der Waals surface area contributed by atoms with E-state index >= 15 is 0 Å². The van der Waals surface area contributed by atoms with Crippen LogP contribution in [0.15, 0.2) is 24.3 Å². The van der Waals surface area contributed by atoms with Crippen molar-refractivity contribution < 1.29 is 74.3 Å². The van der Waals surface area contributed by atoms with Crippen LogP contribution in [-0.2, 0) is 45.0 Å². The standard InChI is InChI=1S/C49H83N9O15S/c1-2-55-24-25-56(30-32-72-70)26-27-57(31-33-73-71)28-29-58(36-45(63)64)39(35-55)34-37-16-18-38(19-17-37)52-49(74)51-23-10-5-7-13-40(59)12-6-3-4-8-15-43(60)50-22-11-9-14-41(46(65)66)53-48(69)54-42(47(67)68)20-21-44(61)62/h16-19,39,41-42,70-71H,2-15,20-36H2,1H3,(H,50,60)(H,61,62)(H,63,64)(H,65,66)(H,67,68)(H2,51,52,74)(H2,53,54,69)/t39?,41-,42-/m0/s1. The van der Waals surface area contributed by atoms with Crippen molar-refractivity contribution in [3.05, 3.63) is 29.8 Å². The van der Waals surface area contributed by atoms with E-state index in [0.29, 0.717) is 109 Å². The van der Waals surface area contributed by atoms with Crippen LogP contribution in [-0.4, -0.2) is 214 Å². The van der Waals surface area contributed by atoms with Crippen LogP contribution in [0.1, 0.15) is 109 Å². The van der Waals surface area contributed by atoms with Crippen molar-refractivity contribution in [2.24, 2.45) is 0 Å². The Hall–Kier alpha value is -5.12. The van der Waals surface area contributed by atoms with Gasteiger partial charge in [-0.15, -0.1) is 0 Å². The summed E-state index contributed by atoms with van der Waals surface area (Å²) in [5.74, 6) is -4.81. The average Bonchev–Trinajstić information content (AvgIpc) is 3.35. The van der Waals surface area contributed by atoms with E-state index in [2.05, 4.69) is 58.0 Å². The second-order valence-corrected chi connectivity index (χ2v) is 18.9. The summed E-state index contributed by atoms with van der Waals surface area (Å²) in [4.78, 5) is 100. The van der Waals surface area contributed by atoms with Gasteiger partial charge in [0.15, 0.2) is 5.11 Å². The molecule has 74 heavy (non-hydrogen) atoms. The van der Waals surface area contributed by atoms with Crippen LogP contribution in [0.2, 0.25) is 0 Å². The number of likely N-dealkylation sites (N-methyl/N-ethyl adjacent to an activating group) is 1. The van der Waals surface area contributed by atoms with Gasteiger partial charge in [-0.1, -0.05) is 38.3 Å². The minimum Gasteiger partial charge on any atom is -0.481 e. The highest BCUT2D eigenvalue weighted by molar-refractivity contribution is 7.80. The Morgan fingerprint density at radius 2 is 1.16 bits per heavy atom. The quantitative estimate of drug-likeness (QED) is 0.0197. The third-order valence-electron chi connectivity index (χ3n) is 12.7. The number of carboxylic acid groups (broad SMARTS) is 4. The number of carbonyl (C=O) groups is 7. The Balaban J connectivity index is 1.65. The maximum Gasteiger partial charge on any atom is 0.326 e. The first-order valence-corrected chi connectivity index (χ1v) is 26.3. The molecular formula is C49H83N9O15S. The summed E-state index contributed by atoms with van der Waals surface area (Å²) in [7, 11) is 0. The van der Waals surface area contributed by atoms with Crippen LogP contribution in [0.3, 0.4) is 0 Å². The number of benzene rings is 1. The van der Waals surface area contributed by atoms with Crippen molar-refractivity contribution in [3.63, 3.8) is 0 Å². The van der Waals surface area contributed by atoms with Gasteiger partial charge in [0.25, 0.3) is 0 Å². The second kappa shape index (κ2) is 39.3. The molecule has 11 N–H and O–H groups in total. The number of nitrogens with zero attached hydrogens (tertiary/aromatic N) is 4. The molecular weight excluding hydrogens is 987 g/mol. The SMILES string of the molecule is CCN1CCN(CCOO)CCN(CCOO)CCN(CC(=O)O)C(Cc2ccc(NC(=S)NCCCCCC(=O)CCCCCCC(=O)NCCCC[C@H](NC(=O)N[C@@H](CCC(=O)O)C(=O)O)C(=O)O)cc2)C1. The highest BCUT2D eigenvalue weighted by Gasteiger charge is 2.27. The number of urea groups is 1. The largest absolute Gasteiger partial charge is 0.481 e. The molecule has 1 saturated heterocycles. The Morgan fingerprint density at radius 3 is 1.72 bits per heavy atom. The van der Waals surface area contributed by atoms with Gasteiger partial charge in [0.05, 0.1) is 19.8 Å². The lowest BCUT2D eigenvalue weighted by molar-refractivity contribution is -0.245. The molecule has 1 aromatic rings. The van der Waals surface area contributed by atoms with Gasteiger partial charge in [0, 0.05) is 109 Å². The van der Waals surface area contributed by atoms with Gasteiger partial charge in [0.2, 0.25) is 5.91 Å². The van der Waals surface area contributed by atoms with Gasteiger partial charge in [-0.2, -0.15) is 0 Å². The third-order valence-corrected chi connectivity index (χ3v) is 13.0. The molecule has 1 unspecified atom stereocenters. The van der Waals surface area contributed by atoms with Crippen LogP contribution in [0, 0.1) is 0 Å². The van der Waals surface area contributed by atoms with E-state index in [0.717, 1.165) is 69.4 Å². The average molecular weight is 1070 g/mol. The van der Waals surface area contributed by atoms with Crippen LogP contribution < -0.4 is 26.6 Å². The molecule has 1 heterocycles. The molecule has 3 atom stereocenters. The molecule has 0 bridgehead atoms. The number of aliphatic carboxylic acids is 4. The Bertz CT molecular complexity index is 1840. The molecule has 2 rings (SSSR count). The first kappa shape index (κ1) is 65.0. The molecule has 0 saturated carbocycles. The number of rotatable bonds is 37. The number of carboxylic acids is 4. The molecule has 24 nitrogen and oxygen atoms in total. The summed E-state index contributed by atoms with van der Waals surface area (Å²) in [6, 6.07) is 4.04. The van der Waals surface area contributed by atoms with E-state index in [-0.39, 0.29) is 50.3 Å².